The van der Waals surface area contributed by atoms with Crippen molar-refractivity contribution in [2.75, 3.05) is 26.1 Å². The van der Waals surface area contributed by atoms with E-state index in [9.17, 15) is 9.00 Å². The van der Waals surface area contributed by atoms with Crippen molar-refractivity contribution in [2.24, 2.45) is 5.41 Å². The summed E-state index contributed by atoms with van der Waals surface area (Å²) in [6, 6.07) is 0. The summed E-state index contributed by atoms with van der Waals surface area (Å²) in [5.41, 5.74) is -0.763. The van der Waals surface area contributed by atoms with Crippen LogP contribution in [0.4, 0.5) is 0 Å². The third kappa shape index (κ3) is 1.78. The van der Waals surface area contributed by atoms with Gasteiger partial charge >= 0.3 is 5.97 Å². The highest BCUT2D eigenvalue weighted by Gasteiger charge is 2.48. The Morgan fingerprint density at radius 3 is 2.58 bits per heavy atom. The fraction of sp³-hybridized carbons (Fsp3) is 0.833. The molecule has 0 aliphatic carbocycles. The molecule has 0 spiro atoms. The molecule has 0 aromatic heterocycles. The maximum absolute atomic E-state index is 11.2. The van der Waals surface area contributed by atoms with Crippen LogP contribution in [0.3, 0.4) is 0 Å². The number of carbonyl (C=O) groups excluding carboxylic acids is 1. The Kier molecular flexibility index (Phi) is 3.09. The van der Waals surface area contributed by atoms with E-state index in [-0.39, 0.29) is 19.0 Å². The van der Waals surface area contributed by atoms with Gasteiger partial charge < -0.3 is 9.47 Å². The Hall–Kier alpha value is -0.130. The third-order valence-corrected chi connectivity index (χ3v) is 2.87. The van der Waals surface area contributed by atoms with Gasteiger partial charge in [0.1, 0.15) is 15.4 Å². The third-order valence-electron chi connectivity index (χ3n) is 1.76. The Balaban J connectivity index is 2.62. The normalized spacial score (nSPS) is 22.5. The van der Waals surface area contributed by atoms with Crippen molar-refractivity contribution in [1.29, 1.82) is 0 Å². The fourth-order valence-electron chi connectivity index (χ4n) is 1.04. The van der Waals surface area contributed by atoms with E-state index in [0.717, 1.165) is 0 Å². The molecule has 1 heterocycles. The summed E-state index contributed by atoms with van der Waals surface area (Å²) in [5, 5.41) is 0. The Bertz CT molecular complexity index is 214. The van der Waals surface area contributed by atoms with Crippen LogP contribution in [0.25, 0.3) is 0 Å². The molecule has 0 aromatic rings. The Labute approximate surface area is 77.1 Å². The predicted molar refractivity (Wildman–Crippen MR) is 44.1 cm³/mol. The first-order chi connectivity index (χ1) is 5.60. The van der Waals surface area contributed by atoms with Crippen molar-refractivity contribution < 1.29 is 18.5 Å². The van der Waals surface area contributed by atoms with Gasteiger partial charge in [-0.05, 0) is 10.7 Å². The van der Waals surface area contributed by atoms with Crippen molar-refractivity contribution >= 4 is 26.7 Å². The van der Waals surface area contributed by atoms with Crippen LogP contribution >= 0.6 is 10.7 Å². The van der Waals surface area contributed by atoms with E-state index in [4.69, 9.17) is 15.4 Å². The van der Waals surface area contributed by atoms with E-state index < -0.39 is 21.4 Å². The molecule has 1 fully saturated rings. The second kappa shape index (κ2) is 3.72. The van der Waals surface area contributed by atoms with Gasteiger partial charge in [0.2, 0.25) is 0 Å². The van der Waals surface area contributed by atoms with E-state index in [1.807, 2.05) is 0 Å². The molecule has 1 saturated heterocycles. The summed E-state index contributed by atoms with van der Waals surface area (Å²) < 4.78 is 20.1. The van der Waals surface area contributed by atoms with Crippen molar-refractivity contribution in [2.45, 2.75) is 0 Å². The van der Waals surface area contributed by atoms with Crippen LogP contribution in [-0.2, 0) is 24.3 Å². The monoisotopic (exact) mass is 212 g/mol. The van der Waals surface area contributed by atoms with Gasteiger partial charge in [-0.3, -0.25) is 4.79 Å². The molecular weight excluding hydrogens is 204 g/mol. The van der Waals surface area contributed by atoms with Crippen molar-refractivity contribution in [3.8, 4) is 0 Å². The standard InChI is InChI=1S/C6H9ClO4S/c1-10-5(8)6(2-11-3-6)4-12(7)9/h2-4H2,1H3. The number of carbonyl (C=O) groups is 1. The first-order valence-electron chi connectivity index (χ1n) is 3.31. The molecule has 4 nitrogen and oxygen atoms in total. The van der Waals surface area contributed by atoms with Crippen LogP contribution in [0.15, 0.2) is 0 Å². The van der Waals surface area contributed by atoms with Crippen LogP contribution < -0.4 is 0 Å². The summed E-state index contributed by atoms with van der Waals surface area (Å²) in [6.07, 6.45) is 0. The van der Waals surface area contributed by atoms with Gasteiger partial charge in [-0.25, -0.2) is 4.21 Å². The van der Waals surface area contributed by atoms with Crippen molar-refractivity contribution in [1.82, 2.24) is 0 Å². The minimum absolute atomic E-state index is 0.0984. The van der Waals surface area contributed by atoms with E-state index in [1.165, 1.54) is 7.11 Å². The zero-order valence-corrected chi connectivity index (χ0v) is 8.11. The lowest BCUT2D eigenvalue weighted by Gasteiger charge is -2.37. The van der Waals surface area contributed by atoms with Crippen LogP contribution in [0.1, 0.15) is 0 Å². The average Bonchev–Trinajstić information content (AvgIpc) is 1.95. The SMILES string of the molecule is COC(=O)C1(CS(=O)Cl)COC1. The highest BCUT2D eigenvalue weighted by molar-refractivity contribution is 8.08. The zero-order chi connectivity index (χ0) is 9.19. The lowest BCUT2D eigenvalue weighted by molar-refractivity contribution is -0.178. The topological polar surface area (TPSA) is 52.6 Å². The first-order valence-corrected chi connectivity index (χ1v) is 5.46. The quantitative estimate of drug-likeness (QED) is 0.491. The fourth-order valence-corrected chi connectivity index (χ4v) is 2.39. The van der Waals surface area contributed by atoms with Gasteiger partial charge in [0.25, 0.3) is 0 Å². The summed E-state index contributed by atoms with van der Waals surface area (Å²) >= 11 is 0. The number of esters is 1. The second-order valence-electron chi connectivity index (χ2n) is 2.70. The number of methoxy groups -OCH3 is 1. The molecular formula is C6H9ClO4S. The van der Waals surface area contributed by atoms with Crippen LogP contribution in [0.5, 0.6) is 0 Å². The highest BCUT2D eigenvalue weighted by atomic mass is 35.7. The van der Waals surface area contributed by atoms with Gasteiger partial charge in [-0.15, -0.1) is 0 Å². The van der Waals surface area contributed by atoms with Gasteiger partial charge in [0.15, 0.2) is 0 Å². The number of hydrogen-bond donors (Lipinski definition) is 0. The summed E-state index contributed by atoms with van der Waals surface area (Å²) in [5.74, 6) is -0.302. The molecule has 70 valence electrons. The van der Waals surface area contributed by atoms with E-state index in [1.54, 1.807) is 0 Å². The van der Waals surface area contributed by atoms with E-state index in [2.05, 4.69) is 4.74 Å². The smallest absolute Gasteiger partial charge is 0.317 e. The Morgan fingerprint density at radius 2 is 2.33 bits per heavy atom. The van der Waals surface area contributed by atoms with Gasteiger partial charge in [0.05, 0.1) is 26.1 Å². The molecule has 1 aliphatic heterocycles. The summed E-state index contributed by atoms with van der Waals surface area (Å²) in [7, 11) is 5.06. The molecule has 0 saturated carbocycles. The van der Waals surface area contributed by atoms with Crippen LogP contribution in [0, 0.1) is 5.41 Å². The average molecular weight is 213 g/mol. The van der Waals surface area contributed by atoms with E-state index >= 15 is 0 Å². The summed E-state index contributed by atoms with van der Waals surface area (Å²) in [6.45, 7) is 0.496. The molecule has 0 N–H and O–H groups in total. The van der Waals surface area contributed by atoms with Gasteiger partial charge in [-0.1, -0.05) is 0 Å². The lowest BCUT2D eigenvalue weighted by atomic mass is 9.89. The van der Waals surface area contributed by atoms with Crippen molar-refractivity contribution in [3.63, 3.8) is 0 Å². The molecule has 1 atom stereocenters. The lowest BCUT2D eigenvalue weighted by Crippen LogP contribution is -2.52. The molecule has 1 unspecified atom stereocenters. The molecule has 0 aromatic carbocycles. The molecule has 0 radical (unpaired) electrons. The second-order valence-corrected chi connectivity index (χ2v) is 4.60. The van der Waals surface area contributed by atoms with Crippen LogP contribution in [-0.4, -0.2) is 36.3 Å². The van der Waals surface area contributed by atoms with Crippen molar-refractivity contribution in [3.05, 3.63) is 0 Å². The molecule has 6 heteroatoms. The number of hydrogen-bond acceptors (Lipinski definition) is 4. The molecule has 1 rings (SSSR count). The number of halogens is 1. The largest absolute Gasteiger partial charge is 0.468 e. The first kappa shape index (κ1) is 9.95. The molecule has 12 heavy (non-hydrogen) atoms. The Morgan fingerprint density at radius 1 is 1.75 bits per heavy atom. The van der Waals surface area contributed by atoms with Gasteiger partial charge in [0, 0.05) is 0 Å². The maximum Gasteiger partial charge on any atom is 0.317 e. The van der Waals surface area contributed by atoms with Crippen LogP contribution in [0.2, 0.25) is 0 Å². The predicted octanol–water partition coefficient (Wildman–Crippen LogP) is 0.0785. The van der Waals surface area contributed by atoms with Gasteiger partial charge in [-0.2, -0.15) is 0 Å². The number of ether oxygens (including phenoxy) is 2. The molecule has 1 aliphatic rings. The molecule has 0 bridgehead atoms. The number of rotatable bonds is 3. The maximum atomic E-state index is 11.2. The zero-order valence-electron chi connectivity index (χ0n) is 6.54. The minimum Gasteiger partial charge on any atom is -0.468 e. The summed E-state index contributed by atoms with van der Waals surface area (Å²) in [4.78, 5) is 11.2. The highest BCUT2D eigenvalue weighted by Crippen LogP contribution is 2.30. The minimum atomic E-state index is -1.51. The molecule has 0 amide bonds. The van der Waals surface area contributed by atoms with E-state index in [0.29, 0.717) is 0 Å².